The van der Waals surface area contributed by atoms with E-state index in [9.17, 15) is 0 Å². The molecule has 0 bridgehead atoms. The van der Waals surface area contributed by atoms with Crippen molar-refractivity contribution in [1.82, 2.24) is 4.90 Å². The van der Waals surface area contributed by atoms with E-state index in [2.05, 4.69) is 53.2 Å². The second-order valence-corrected chi connectivity index (χ2v) is 6.40. The number of hydrogen-bond donors (Lipinski definition) is 1. The van der Waals surface area contributed by atoms with Crippen molar-refractivity contribution in [2.24, 2.45) is 0 Å². The summed E-state index contributed by atoms with van der Waals surface area (Å²) in [5.74, 6) is 0. The van der Waals surface area contributed by atoms with Gasteiger partial charge in [-0.25, -0.2) is 0 Å². The van der Waals surface area contributed by atoms with E-state index in [1.807, 2.05) is 0 Å². The van der Waals surface area contributed by atoms with E-state index in [1.54, 1.807) is 0 Å². The molecule has 2 heterocycles. The second kappa shape index (κ2) is 5.62. The van der Waals surface area contributed by atoms with Gasteiger partial charge in [-0.05, 0) is 26.0 Å². The van der Waals surface area contributed by atoms with Gasteiger partial charge < -0.3 is 15.0 Å². The van der Waals surface area contributed by atoms with Crippen molar-refractivity contribution in [3.05, 3.63) is 24.3 Å². The van der Waals surface area contributed by atoms with E-state index < -0.39 is 0 Å². The quantitative estimate of drug-likeness (QED) is 0.913. The molecule has 1 N–H and O–H groups in total. The van der Waals surface area contributed by atoms with Crippen LogP contribution >= 0.6 is 0 Å². The largest absolute Gasteiger partial charge is 0.379 e. The first-order valence-corrected chi connectivity index (χ1v) is 7.56. The van der Waals surface area contributed by atoms with Crippen LogP contribution in [0.5, 0.6) is 0 Å². The predicted molar refractivity (Wildman–Crippen MR) is 83.6 cm³/mol. The zero-order valence-corrected chi connectivity index (χ0v) is 12.6. The summed E-state index contributed by atoms with van der Waals surface area (Å²) in [7, 11) is 0. The summed E-state index contributed by atoms with van der Waals surface area (Å²) in [5.41, 5.74) is 2.71. The summed E-state index contributed by atoms with van der Waals surface area (Å²) in [6.07, 6.45) is 0. The van der Waals surface area contributed by atoms with Gasteiger partial charge in [0.2, 0.25) is 0 Å². The molecular formula is C16H25N3O. The number of hydrogen-bond acceptors (Lipinski definition) is 4. The number of ether oxygens (including phenoxy) is 1. The fraction of sp³-hybridized carbons (Fsp3) is 0.625. The molecule has 0 saturated carbocycles. The molecule has 1 aromatic rings. The first-order valence-electron chi connectivity index (χ1n) is 7.56. The molecule has 1 aromatic carbocycles. The fourth-order valence-electron chi connectivity index (χ4n) is 3.11. The van der Waals surface area contributed by atoms with Crippen LogP contribution in [0.15, 0.2) is 24.3 Å². The first kappa shape index (κ1) is 13.7. The SMILES string of the molecule is CC1(C)CN(CCN2CCOCC2)c2ccccc2N1. The lowest BCUT2D eigenvalue weighted by Crippen LogP contribution is -2.51. The van der Waals surface area contributed by atoms with Gasteiger partial charge >= 0.3 is 0 Å². The normalized spacial score (nSPS) is 22.2. The number of nitrogens with zero attached hydrogens (tertiary/aromatic N) is 2. The molecule has 110 valence electrons. The summed E-state index contributed by atoms with van der Waals surface area (Å²) in [5, 5.41) is 3.63. The third-order valence-corrected chi connectivity index (χ3v) is 4.09. The molecule has 2 aliphatic rings. The molecular weight excluding hydrogens is 250 g/mol. The van der Waals surface area contributed by atoms with Crippen LogP contribution in [0, 0.1) is 0 Å². The highest BCUT2D eigenvalue weighted by Crippen LogP contribution is 2.33. The van der Waals surface area contributed by atoms with E-state index in [0.717, 1.165) is 45.9 Å². The number of fused-ring (bicyclic) bond motifs is 1. The Hall–Kier alpha value is -1.26. The van der Waals surface area contributed by atoms with E-state index in [4.69, 9.17) is 4.74 Å². The molecule has 1 saturated heterocycles. The molecule has 2 aliphatic heterocycles. The molecule has 1 fully saturated rings. The van der Waals surface area contributed by atoms with Crippen LogP contribution in [0.2, 0.25) is 0 Å². The van der Waals surface area contributed by atoms with Gasteiger partial charge in [-0.15, -0.1) is 0 Å². The topological polar surface area (TPSA) is 27.7 Å². The molecule has 4 nitrogen and oxygen atoms in total. The molecule has 0 radical (unpaired) electrons. The molecule has 0 aromatic heterocycles. The maximum Gasteiger partial charge on any atom is 0.0603 e. The molecule has 0 atom stereocenters. The highest BCUT2D eigenvalue weighted by atomic mass is 16.5. The second-order valence-electron chi connectivity index (χ2n) is 6.40. The summed E-state index contributed by atoms with van der Waals surface area (Å²) in [4.78, 5) is 5.02. The van der Waals surface area contributed by atoms with E-state index in [0.29, 0.717) is 0 Å². The minimum absolute atomic E-state index is 0.124. The third kappa shape index (κ3) is 3.07. The zero-order valence-electron chi connectivity index (χ0n) is 12.6. The Bertz CT molecular complexity index is 455. The van der Waals surface area contributed by atoms with Gasteiger partial charge in [0.25, 0.3) is 0 Å². The minimum Gasteiger partial charge on any atom is -0.379 e. The minimum atomic E-state index is 0.124. The van der Waals surface area contributed by atoms with Gasteiger partial charge in [0.15, 0.2) is 0 Å². The van der Waals surface area contributed by atoms with E-state index in [-0.39, 0.29) is 5.54 Å². The van der Waals surface area contributed by atoms with Gasteiger partial charge in [0, 0.05) is 38.3 Å². The number of para-hydroxylation sites is 2. The average Bonchev–Trinajstić information content (AvgIpc) is 2.45. The summed E-state index contributed by atoms with van der Waals surface area (Å²) >= 11 is 0. The van der Waals surface area contributed by atoms with Crippen LogP contribution in [-0.2, 0) is 4.74 Å². The average molecular weight is 275 g/mol. The van der Waals surface area contributed by atoms with E-state index in [1.165, 1.54) is 11.4 Å². The maximum absolute atomic E-state index is 5.42. The monoisotopic (exact) mass is 275 g/mol. The van der Waals surface area contributed by atoms with Crippen LogP contribution in [0.4, 0.5) is 11.4 Å². The van der Waals surface area contributed by atoms with Crippen molar-refractivity contribution in [2.75, 3.05) is 56.2 Å². The molecule has 0 amide bonds. The Labute approximate surface area is 121 Å². The molecule has 20 heavy (non-hydrogen) atoms. The van der Waals surface area contributed by atoms with Crippen LogP contribution in [0.1, 0.15) is 13.8 Å². The predicted octanol–water partition coefficient (Wildman–Crippen LogP) is 2.03. The Morgan fingerprint density at radius 1 is 1.15 bits per heavy atom. The lowest BCUT2D eigenvalue weighted by Gasteiger charge is -2.43. The fourth-order valence-corrected chi connectivity index (χ4v) is 3.11. The van der Waals surface area contributed by atoms with Crippen LogP contribution in [0.25, 0.3) is 0 Å². The smallest absolute Gasteiger partial charge is 0.0603 e. The molecule has 0 unspecified atom stereocenters. The number of nitrogens with one attached hydrogen (secondary N) is 1. The number of anilines is 2. The Morgan fingerprint density at radius 3 is 2.70 bits per heavy atom. The Morgan fingerprint density at radius 2 is 1.90 bits per heavy atom. The van der Waals surface area contributed by atoms with Crippen LogP contribution in [-0.4, -0.2) is 56.4 Å². The van der Waals surface area contributed by atoms with Gasteiger partial charge in [-0.3, -0.25) is 4.90 Å². The molecule has 0 spiro atoms. The van der Waals surface area contributed by atoms with Gasteiger partial charge in [0.1, 0.15) is 0 Å². The number of rotatable bonds is 3. The summed E-state index contributed by atoms with van der Waals surface area (Å²) in [6, 6.07) is 8.63. The van der Waals surface area contributed by atoms with Crippen molar-refractivity contribution >= 4 is 11.4 Å². The van der Waals surface area contributed by atoms with E-state index >= 15 is 0 Å². The first-order chi connectivity index (χ1) is 9.64. The van der Waals surface area contributed by atoms with Crippen molar-refractivity contribution in [2.45, 2.75) is 19.4 Å². The molecule has 3 rings (SSSR count). The van der Waals surface area contributed by atoms with Crippen LogP contribution in [0.3, 0.4) is 0 Å². The van der Waals surface area contributed by atoms with Gasteiger partial charge in [0.05, 0.1) is 24.6 Å². The highest BCUT2D eigenvalue weighted by Gasteiger charge is 2.29. The summed E-state index contributed by atoms with van der Waals surface area (Å²) < 4.78 is 5.42. The zero-order chi connectivity index (χ0) is 14.0. The Balaban J connectivity index is 1.68. The lowest BCUT2D eigenvalue weighted by molar-refractivity contribution is 0.0391. The lowest BCUT2D eigenvalue weighted by atomic mass is 9.99. The Kier molecular flexibility index (Phi) is 3.85. The van der Waals surface area contributed by atoms with Crippen molar-refractivity contribution in [3.63, 3.8) is 0 Å². The molecule has 0 aliphatic carbocycles. The number of benzene rings is 1. The third-order valence-electron chi connectivity index (χ3n) is 4.09. The van der Waals surface area contributed by atoms with Crippen LogP contribution < -0.4 is 10.2 Å². The van der Waals surface area contributed by atoms with Crippen molar-refractivity contribution < 1.29 is 4.74 Å². The summed E-state index contributed by atoms with van der Waals surface area (Å²) in [6.45, 7) is 11.7. The standard InChI is InChI=1S/C16H25N3O/c1-16(2)13-19(8-7-18-9-11-20-12-10-18)15-6-4-3-5-14(15)17-16/h3-6,17H,7-13H2,1-2H3. The highest BCUT2D eigenvalue weighted by molar-refractivity contribution is 5.73. The van der Waals surface area contributed by atoms with Crippen molar-refractivity contribution in [3.8, 4) is 0 Å². The maximum atomic E-state index is 5.42. The van der Waals surface area contributed by atoms with Crippen molar-refractivity contribution in [1.29, 1.82) is 0 Å². The van der Waals surface area contributed by atoms with Gasteiger partial charge in [-0.1, -0.05) is 12.1 Å². The molecule has 4 heteroatoms. The van der Waals surface area contributed by atoms with Gasteiger partial charge in [-0.2, -0.15) is 0 Å². The number of morpholine rings is 1.